The van der Waals surface area contributed by atoms with Crippen LogP contribution in [0.25, 0.3) is 5.70 Å². The Bertz CT molecular complexity index is 564. The minimum Gasteiger partial charge on any atom is -0.255 e. The number of hydrogen-bond donors (Lipinski definition) is 0. The van der Waals surface area contributed by atoms with E-state index in [4.69, 9.17) is 0 Å². The van der Waals surface area contributed by atoms with Crippen molar-refractivity contribution in [3.63, 3.8) is 0 Å². The first-order chi connectivity index (χ1) is 12.3. The Morgan fingerprint density at radius 3 is 1.96 bits per heavy atom. The first-order valence-corrected chi connectivity index (χ1v) is 8.87. The number of rotatable bonds is 6. The van der Waals surface area contributed by atoms with Gasteiger partial charge >= 0.3 is 0 Å². The zero-order valence-corrected chi connectivity index (χ0v) is 17.1. The third kappa shape index (κ3) is 11.6. The highest BCUT2D eigenvalue weighted by atomic mass is 14.8. The van der Waals surface area contributed by atoms with Crippen molar-refractivity contribution in [2.45, 2.75) is 48.5 Å². The molecule has 0 aliphatic heterocycles. The predicted molar refractivity (Wildman–Crippen MR) is 118 cm³/mol. The zero-order valence-electron chi connectivity index (χ0n) is 17.1. The smallest absolute Gasteiger partial charge is 0.0894 e. The summed E-state index contributed by atoms with van der Waals surface area (Å²) in [5, 5.41) is 0. The predicted octanol–water partition coefficient (Wildman–Crippen LogP) is 6.90. The number of nitrogens with zero attached hydrogens (tertiary/aromatic N) is 3. The molecular formula is C22H35N3. The van der Waals surface area contributed by atoms with E-state index in [9.17, 15) is 0 Å². The summed E-state index contributed by atoms with van der Waals surface area (Å²) in [6.45, 7) is 24.8. The third-order valence-electron chi connectivity index (χ3n) is 2.29. The Hall–Kier alpha value is -2.55. The maximum Gasteiger partial charge on any atom is 0.0894 e. The lowest BCUT2D eigenvalue weighted by molar-refractivity contribution is 1.23. The van der Waals surface area contributed by atoms with Gasteiger partial charge in [-0.1, -0.05) is 79.5 Å². The zero-order chi connectivity index (χ0) is 20.1. The molecule has 0 N–H and O–H groups in total. The topological polar surface area (TPSA) is 37.6 Å². The van der Waals surface area contributed by atoms with E-state index in [-0.39, 0.29) is 0 Å². The van der Waals surface area contributed by atoms with E-state index in [1.807, 2.05) is 72.7 Å². The van der Waals surface area contributed by atoms with Crippen molar-refractivity contribution in [3.8, 4) is 0 Å². The fraction of sp³-hybridized carbons (Fsp3) is 0.318. The molecule has 1 rings (SSSR count). The third-order valence-corrected chi connectivity index (χ3v) is 2.29. The van der Waals surface area contributed by atoms with Crippen LogP contribution in [0.2, 0.25) is 0 Å². The number of pyridine rings is 1. The Morgan fingerprint density at radius 2 is 1.52 bits per heavy atom. The fourth-order valence-electron chi connectivity index (χ4n) is 1.46. The van der Waals surface area contributed by atoms with Gasteiger partial charge in [-0.15, -0.1) is 0 Å². The SMILES string of the molecule is C=CC=N/C(=C\C)c1cccc(C(C=C)=NC=C)n1.CC.CC.CC. The molecule has 3 heteroatoms. The van der Waals surface area contributed by atoms with Crippen LogP contribution in [0.1, 0.15) is 59.9 Å². The highest BCUT2D eigenvalue weighted by Crippen LogP contribution is 2.14. The maximum atomic E-state index is 4.52. The van der Waals surface area contributed by atoms with Gasteiger partial charge in [0, 0.05) is 12.4 Å². The van der Waals surface area contributed by atoms with E-state index in [2.05, 4.69) is 34.7 Å². The summed E-state index contributed by atoms with van der Waals surface area (Å²) in [6.07, 6.45) is 8.27. The van der Waals surface area contributed by atoms with Gasteiger partial charge in [-0.2, -0.15) is 0 Å². The fourth-order valence-corrected chi connectivity index (χ4v) is 1.46. The molecule has 1 aromatic heterocycles. The molecule has 0 spiro atoms. The average Bonchev–Trinajstić information content (AvgIpc) is 2.71. The summed E-state index contributed by atoms with van der Waals surface area (Å²) < 4.78 is 0. The molecule has 0 unspecified atom stereocenters. The summed E-state index contributed by atoms with van der Waals surface area (Å²) in [5.74, 6) is 0. The van der Waals surface area contributed by atoms with Gasteiger partial charge in [0.25, 0.3) is 0 Å². The van der Waals surface area contributed by atoms with Crippen molar-refractivity contribution < 1.29 is 0 Å². The molecule has 25 heavy (non-hydrogen) atoms. The van der Waals surface area contributed by atoms with Crippen LogP contribution in [-0.2, 0) is 0 Å². The molecule has 0 aromatic carbocycles. The molecule has 3 nitrogen and oxygen atoms in total. The van der Waals surface area contributed by atoms with Crippen molar-refractivity contribution in [2.75, 3.05) is 0 Å². The lowest BCUT2D eigenvalue weighted by Crippen LogP contribution is -2.01. The Morgan fingerprint density at radius 1 is 0.960 bits per heavy atom. The number of aliphatic imine (C=N–C) groups is 2. The van der Waals surface area contributed by atoms with Gasteiger partial charge in [-0.25, -0.2) is 4.98 Å². The molecule has 138 valence electrons. The second-order valence-corrected chi connectivity index (χ2v) is 3.50. The van der Waals surface area contributed by atoms with E-state index in [1.165, 1.54) is 6.20 Å². The summed E-state index contributed by atoms with van der Waals surface area (Å²) in [7, 11) is 0. The highest BCUT2D eigenvalue weighted by Gasteiger charge is 2.04. The molecule has 0 amide bonds. The van der Waals surface area contributed by atoms with Crippen LogP contribution < -0.4 is 0 Å². The van der Waals surface area contributed by atoms with Crippen molar-refractivity contribution in [1.29, 1.82) is 0 Å². The molecule has 0 radical (unpaired) electrons. The van der Waals surface area contributed by atoms with E-state index < -0.39 is 0 Å². The van der Waals surface area contributed by atoms with Crippen molar-refractivity contribution in [2.24, 2.45) is 9.98 Å². The second kappa shape index (κ2) is 21.4. The molecular weight excluding hydrogens is 306 g/mol. The van der Waals surface area contributed by atoms with Gasteiger partial charge < -0.3 is 0 Å². The molecule has 1 aromatic rings. The Balaban J connectivity index is -0.000000725. The number of hydrogen-bond acceptors (Lipinski definition) is 3. The van der Waals surface area contributed by atoms with Crippen molar-refractivity contribution in [3.05, 3.63) is 73.8 Å². The van der Waals surface area contributed by atoms with Gasteiger partial charge in [-0.3, -0.25) is 9.98 Å². The number of aromatic nitrogens is 1. The second-order valence-electron chi connectivity index (χ2n) is 3.50. The molecule has 0 fully saturated rings. The monoisotopic (exact) mass is 341 g/mol. The molecule has 0 saturated carbocycles. The minimum absolute atomic E-state index is 0.681. The molecule has 0 atom stereocenters. The van der Waals surface area contributed by atoms with Gasteiger partial charge in [0.2, 0.25) is 0 Å². The largest absolute Gasteiger partial charge is 0.255 e. The summed E-state index contributed by atoms with van der Waals surface area (Å²) in [5.41, 5.74) is 2.97. The van der Waals surface area contributed by atoms with E-state index in [0.29, 0.717) is 5.71 Å². The van der Waals surface area contributed by atoms with E-state index in [0.717, 1.165) is 17.1 Å². The first kappa shape index (κ1) is 27.3. The standard InChI is InChI=1S/C16H17N3.3C2H6/c1-5-12-18-14(7-3)16-11-9-10-15(19-16)13(6-2)17-8-4;3*1-2/h5-12H,1-2,4H2,3H3;3*1-2H3/b14-7-,17-13?,18-12?;;;. The minimum atomic E-state index is 0.681. The van der Waals surface area contributed by atoms with Crippen LogP contribution in [0, 0.1) is 0 Å². The van der Waals surface area contributed by atoms with Crippen LogP contribution in [0.3, 0.4) is 0 Å². The summed E-state index contributed by atoms with van der Waals surface area (Å²) >= 11 is 0. The molecule has 0 aliphatic rings. The van der Waals surface area contributed by atoms with Gasteiger partial charge in [0.1, 0.15) is 0 Å². The van der Waals surface area contributed by atoms with Crippen LogP contribution in [0.15, 0.2) is 72.3 Å². The van der Waals surface area contributed by atoms with Crippen LogP contribution in [0.5, 0.6) is 0 Å². The molecule has 1 heterocycles. The maximum absolute atomic E-state index is 4.52. The lowest BCUT2D eigenvalue weighted by atomic mass is 10.2. The van der Waals surface area contributed by atoms with Crippen molar-refractivity contribution in [1.82, 2.24) is 4.98 Å². The molecule has 0 bridgehead atoms. The summed E-state index contributed by atoms with van der Waals surface area (Å²) in [4.78, 5) is 12.9. The van der Waals surface area contributed by atoms with Crippen LogP contribution in [0.4, 0.5) is 0 Å². The Labute approximate surface area is 155 Å². The van der Waals surface area contributed by atoms with E-state index in [1.54, 1.807) is 18.4 Å². The van der Waals surface area contributed by atoms with Gasteiger partial charge in [0.05, 0.1) is 22.8 Å². The normalized spacial score (nSPS) is 10.2. The Kier molecular flexibility index (Phi) is 23.4. The molecule has 0 saturated heterocycles. The quantitative estimate of drug-likeness (QED) is 0.519. The summed E-state index contributed by atoms with van der Waals surface area (Å²) in [6, 6.07) is 5.68. The first-order valence-electron chi connectivity index (χ1n) is 8.87. The number of allylic oxidation sites excluding steroid dienone is 3. The highest BCUT2D eigenvalue weighted by molar-refractivity contribution is 6.07. The van der Waals surface area contributed by atoms with Crippen LogP contribution in [-0.4, -0.2) is 16.9 Å². The average molecular weight is 342 g/mol. The van der Waals surface area contributed by atoms with Crippen molar-refractivity contribution >= 4 is 17.6 Å². The molecule has 0 aliphatic carbocycles. The van der Waals surface area contributed by atoms with Crippen LogP contribution >= 0.6 is 0 Å². The van der Waals surface area contributed by atoms with Gasteiger partial charge in [-0.05, 0) is 25.1 Å². The van der Waals surface area contributed by atoms with Gasteiger partial charge in [0.15, 0.2) is 0 Å². The lowest BCUT2D eigenvalue weighted by Gasteiger charge is -2.04. The van der Waals surface area contributed by atoms with E-state index >= 15 is 0 Å².